The minimum atomic E-state index is -4.60. The second-order valence-corrected chi connectivity index (χ2v) is 6.41. The molecule has 0 unspecified atom stereocenters. The van der Waals surface area contributed by atoms with Crippen LogP contribution in [0.3, 0.4) is 0 Å². The van der Waals surface area contributed by atoms with Crippen LogP contribution in [0.4, 0.5) is 18.9 Å². The van der Waals surface area contributed by atoms with Crippen LogP contribution in [0, 0.1) is 0 Å². The molecule has 2 aromatic carbocycles. The number of hydrogen-bond donors (Lipinski definition) is 1. The van der Waals surface area contributed by atoms with E-state index in [1.807, 2.05) is 0 Å². The zero-order chi connectivity index (χ0) is 21.9. The van der Waals surface area contributed by atoms with Crippen molar-refractivity contribution in [1.29, 1.82) is 0 Å². The van der Waals surface area contributed by atoms with E-state index < -0.39 is 23.3 Å². The molecule has 1 heterocycles. The molecule has 0 fully saturated rings. The highest BCUT2D eigenvalue weighted by Gasteiger charge is 2.33. The van der Waals surface area contributed by atoms with Gasteiger partial charge in [-0.2, -0.15) is 13.2 Å². The highest BCUT2D eigenvalue weighted by Crippen LogP contribution is 2.36. The minimum Gasteiger partial charge on any atom is -0.469 e. The molecule has 0 spiro atoms. The number of esters is 1. The number of alkyl halides is 3. The normalized spacial score (nSPS) is 12.1. The van der Waals surface area contributed by atoms with Gasteiger partial charge in [0.05, 0.1) is 47.4 Å². The molecule has 3 rings (SSSR count). The Kier molecular flexibility index (Phi) is 5.91. The summed E-state index contributed by atoms with van der Waals surface area (Å²) in [6, 6.07) is 13.4. The summed E-state index contributed by atoms with van der Waals surface area (Å²) in [4.78, 5) is 28.9. The van der Waals surface area contributed by atoms with Crippen LogP contribution in [0.5, 0.6) is 0 Å². The first-order chi connectivity index (χ1) is 14.2. The van der Waals surface area contributed by atoms with Gasteiger partial charge in [-0.15, -0.1) is 0 Å². The van der Waals surface area contributed by atoms with Crippen molar-refractivity contribution in [2.75, 3.05) is 7.11 Å². The van der Waals surface area contributed by atoms with Crippen molar-refractivity contribution in [2.45, 2.75) is 19.5 Å². The lowest BCUT2D eigenvalue weighted by Gasteiger charge is -2.10. The number of ether oxygens (including phenoxy) is 1. The molecule has 1 aromatic heterocycles. The molecular formula is C21H18F3N3O3. The van der Waals surface area contributed by atoms with Gasteiger partial charge >= 0.3 is 12.1 Å². The molecule has 0 saturated heterocycles. The second-order valence-electron chi connectivity index (χ2n) is 6.41. The molecule has 0 aliphatic heterocycles. The molecule has 1 N–H and O–H groups in total. The Balaban J connectivity index is 2.17. The Labute approximate surface area is 169 Å². The summed E-state index contributed by atoms with van der Waals surface area (Å²) in [6.07, 6.45) is -4.87. The van der Waals surface area contributed by atoms with Gasteiger partial charge in [-0.05, 0) is 31.2 Å². The highest BCUT2D eigenvalue weighted by molar-refractivity contribution is 6.01. The number of hydrogen-bond acceptors (Lipinski definition) is 4. The quantitative estimate of drug-likeness (QED) is 0.503. The van der Waals surface area contributed by atoms with Gasteiger partial charge in [-0.25, -0.2) is 4.68 Å². The maximum atomic E-state index is 13.3. The summed E-state index contributed by atoms with van der Waals surface area (Å²) in [5, 5.41) is 2.84. The smallest absolute Gasteiger partial charge is 0.418 e. The Morgan fingerprint density at radius 1 is 1.10 bits per heavy atom. The monoisotopic (exact) mass is 417 g/mol. The molecule has 0 amide bonds. The van der Waals surface area contributed by atoms with Gasteiger partial charge in [0.25, 0.3) is 5.56 Å². The first-order valence-corrected chi connectivity index (χ1v) is 8.90. The van der Waals surface area contributed by atoms with Gasteiger partial charge in [-0.1, -0.05) is 30.3 Å². The van der Waals surface area contributed by atoms with Gasteiger partial charge < -0.3 is 4.74 Å². The fourth-order valence-electron chi connectivity index (χ4n) is 3.01. The molecule has 0 aliphatic rings. The zero-order valence-corrected chi connectivity index (χ0v) is 16.2. The number of nitrogens with one attached hydrogen (secondary N) is 1. The number of para-hydroxylation sites is 2. The Hall–Kier alpha value is -3.62. The minimum absolute atomic E-state index is 0.0150. The van der Waals surface area contributed by atoms with E-state index in [2.05, 4.69) is 14.8 Å². The summed E-state index contributed by atoms with van der Waals surface area (Å²) in [5.41, 5.74) is -1.02. The van der Waals surface area contributed by atoms with Gasteiger partial charge in [0, 0.05) is 0 Å². The van der Waals surface area contributed by atoms with E-state index in [9.17, 15) is 22.8 Å². The number of benzene rings is 2. The maximum absolute atomic E-state index is 13.3. The lowest BCUT2D eigenvalue weighted by molar-refractivity contribution is -0.140. The molecule has 0 atom stereocenters. The molecule has 0 radical (unpaired) electrons. The van der Waals surface area contributed by atoms with Crippen LogP contribution in [0.15, 0.2) is 64.4 Å². The van der Waals surface area contributed by atoms with E-state index in [0.717, 1.165) is 6.07 Å². The van der Waals surface area contributed by atoms with E-state index in [1.54, 1.807) is 30.3 Å². The van der Waals surface area contributed by atoms with Crippen LogP contribution in [0.2, 0.25) is 0 Å². The Morgan fingerprint density at radius 3 is 2.37 bits per heavy atom. The summed E-state index contributed by atoms with van der Waals surface area (Å²) < 4.78 is 45.8. The van der Waals surface area contributed by atoms with Crippen LogP contribution in [-0.4, -0.2) is 28.6 Å². The van der Waals surface area contributed by atoms with Crippen LogP contribution in [-0.2, 0) is 22.1 Å². The van der Waals surface area contributed by atoms with Gasteiger partial charge in [0.15, 0.2) is 0 Å². The van der Waals surface area contributed by atoms with Crippen molar-refractivity contribution in [1.82, 2.24) is 9.78 Å². The molecule has 9 heteroatoms. The topological polar surface area (TPSA) is 76.5 Å². The standard InChI is InChI=1S/C21H18F3N3O3/c1-13(25-16-11-7-6-10-15(16)21(22,23)24)19-17(12-18(28)30-2)26-27(20(19)29)14-8-4-3-5-9-14/h3-11,26H,12H2,1-2H3. The number of methoxy groups -OCH3 is 1. The summed E-state index contributed by atoms with van der Waals surface area (Å²) in [6.45, 7) is 1.42. The molecule has 0 aliphatic carbocycles. The lowest BCUT2D eigenvalue weighted by atomic mass is 10.1. The van der Waals surface area contributed by atoms with Crippen molar-refractivity contribution in [3.8, 4) is 5.69 Å². The maximum Gasteiger partial charge on any atom is 0.418 e. The lowest BCUT2D eigenvalue weighted by Crippen LogP contribution is -2.20. The summed E-state index contributed by atoms with van der Waals surface area (Å²) in [5.74, 6) is -0.610. The molecular weight excluding hydrogens is 399 g/mol. The Bertz CT molecular complexity index is 1150. The largest absolute Gasteiger partial charge is 0.469 e. The van der Waals surface area contributed by atoms with E-state index in [0.29, 0.717) is 5.69 Å². The first kappa shape index (κ1) is 21.1. The predicted molar refractivity (Wildman–Crippen MR) is 105 cm³/mol. The SMILES string of the molecule is COC(=O)Cc1[nH]n(-c2ccccc2)c(=O)c1C(C)=Nc1ccccc1C(F)(F)F. The van der Waals surface area contributed by atoms with Crippen molar-refractivity contribution in [3.63, 3.8) is 0 Å². The van der Waals surface area contributed by atoms with Crippen LogP contribution in [0.25, 0.3) is 5.69 Å². The number of nitrogens with zero attached hydrogens (tertiary/aromatic N) is 2. The molecule has 0 saturated carbocycles. The van der Waals surface area contributed by atoms with Crippen LogP contribution in [0.1, 0.15) is 23.7 Å². The van der Waals surface area contributed by atoms with E-state index in [4.69, 9.17) is 0 Å². The number of aromatic amines is 1. The summed E-state index contributed by atoms with van der Waals surface area (Å²) in [7, 11) is 1.20. The zero-order valence-electron chi connectivity index (χ0n) is 16.2. The average molecular weight is 417 g/mol. The Morgan fingerprint density at radius 2 is 1.73 bits per heavy atom. The number of rotatable bonds is 5. The van der Waals surface area contributed by atoms with Crippen molar-refractivity contribution in [2.24, 2.45) is 4.99 Å². The highest BCUT2D eigenvalue weighted by atomic mass is 19.4. The third-order valence-corrected chi connectivity index (χ3v) is 4.39. The number of carbonyl (C=O) groups is 1. The molecule has 30 heavy (non-hydrogen) atoms. The van der Waals surface area contributed by atoms with E-state index >= 15 is 0 Å². The molecule has 6 nitrogen and oxygen atoms in total. The van der Waals surface area contributed by atoms with Crippen molar-refractivity contribution < 1.29 is 22.7 Å². The first-order valence-electron chi connectivity index (χ1n) is 8.90. The number of aromatic nitrogens is 2. The molecule has 0 bridgehead atoms. The van der Waals surface area contributed by atoms with E-state index in [1.165, 1.54) is 36.9 Å². The summed E-state index contributed by atoms with van der Waals surface area (Å²) >= 11 is 0. The third kappa shape index (κ3) is 4.35. The van der Waals surface area contributed by atoms with Crippen LogP contribution < -0.4 is 5.56 Å². The second kappa shape index (κ2) is 8.40. The number of aliphatic imine (C=N–C) groups is 1. The van der Waals surface area contributed by atoms with Gasteiger partial charge in [-0.3, -0.25) is 19.7 Å². The van der Waals surface area contributed by atoms with E-state index in [-0.39, 0.29) is 29.1 Å². The number of H-pyrrole nitrogens is 1. The number of carbonyl (C=O) groups excluding carboxylic acids is 1. The fraction of sp³-hybridized carbons (Fsp3) is 0.190. The predicted octanol–water partition coefficient (Wildman–Crippen LogP) is 4.04. The third-order valence-electron chi connectivity index (χ3n) is 4.39. The van der Waals surface area contributed by atoms with Crippen LogP contribution >= 0.6 is 0 Å². The van der Waals surface area contributed by atoms with Crippen molar-refractivity contribution >= 4 is 17.4 Å². The fourth-order valence-corrected chi connectivity index (χ4v) is 3.01. The number of halogens is 3. The van der Waals surface area contributed by atoms with Gasteiger partial charge in [0.1, 0.15) is 0 Å². The van der Waals surface area contributed by atoms with Crippen molar-refractivity contribution in [3.05, 3.63) is 81.8 Å². The average Bonchev–Trinajstić information content (AvgIpc) is 3.04. The molecule has 3 aromatic rings. The van der Waals surface area contributed by atoms with Gasteiger partial charge in [0.2, 0.25) is 0 Å². The molecule has 156 valence electrons.